The van der Waals surface area contributed by atoms with Crippen LogP contribution in [0.1, 0.15) is 26.7 Å². The van der Waals surface area contributed by atoms with Gasteiger partial charge in [0.2, 0.25) is 3.79 Å². The number of hydrogen-bond acceptors (Lipinski definition) is 6. The molecule has 2 atom stereocenters. The number of ether oxygens (including phenoxy) is 1. The minimum atomic E-state index is -4.58. The van der Waals surface area contributed by atoms with Crippen LogP contribution in [0.3, 0.4) is 0 Å². The number of hydrogen-bond donors (Lipinski definition) is 0. The van der Waals surface area contributed by atoms with E-state index in [-0.39, 0.29) is 12.8 Å². The Bertz CT molecular complexity index is 561. The molecule has 0 aromatic heterocycles. The van der Waals surface area contributed by atoms with Gasteiger partial charge >= 0.3 is 10.3 Å². The first kappa shape index (κ1) is 19.9. The number of ketones is 1. The van der Waals surface area contributed by atoms with Crippen LogP contribution in [-0.4, -0.2) is 48.2 Å². The molecule has 0 aliphatic carbocycles. The monoisotopic (exact) mass is 395 g/mol. The number of methoxy groups -OCH3 is 1. The van der Waals surface area contributed by atoms with E-state index < -0.39 is 44.0 Å². The van der Waals surface area contributed by atoms with E-state index in [1.54, 1.807) is 0 Å². The first-order valence-corrected chi connectivity index (χ1v) is 8.69. The Morgan fingerprint density at radius 3 is 2.41 bits per heavy atom. The number of halogens is 3. The van der Waals surface area contributed by atoms with Crippen molar-refractivity contribution in [3.05, 3.63) is 0 Å². The van der Waals surface area contributed by atoms with Crippen molar-refractivity contribution in [2.75, 3.05) is 13.7 Å². The van der Waals surface area contributed by atoms with E-state index in [0.29, 0.717) is 4.31 Å². The van der Waals surface area contributed by atoms with Gasteiger partial charge in [0, 0.05) is 7.11 Å². The molecule has 0 radical (unpaired) electrons. The summed E-state index contributed by atoms with van der Waals surface area (Å²) in [6.07, 6.45) is -0.773. The van der Waals surface area contributed by atoms with Gasteiger partial charge in [-0.25, -0.2) is 4.18 Å². The molecule has 1 aliphatic rings. The molecule has 7 nitrogen and oxygen atoms in total. The second kappa shape index (κ2) is 6.78. The van der Waals surface area contributed by atoms with Gasteiger partial charge < -0.3 is 4.74 Å². The van der Waals surface area contributed by atoms with E-state index >= 15 is 0 Å². The molecular weight excluding hydrogens is 381 g/mol. The first-order valence-electron chi connectivity index (χ1n) is 6.19. The Kier molecular flexibility index (Phi) is 6.14. The molecule has 0 aromatic carbocycles. The molecule has 1 heterocycles. The van der Waals surface area contributed by atoms with Gasteiger partial charge in [0.1, 0.15) is 24.0 Å². The summed E-state index contributed by atoms with van der Waals surface area (Å²) in [5.74, 6) is -1.38. The van der Waals surface area contributed by atoms with E-state index in [4.69, 9.17) is 39.5 Å². The average Bonchev–Trinajstić information content (AvgIpc) is 2.38. The number of rotatable bonds is 5. The van der Waals surface area contributed by atoms with E-state index in [9.17, 15) is 18.0 Å². The molecule has 0 aromatic rings. The third kappa shape index (κ3) is 4.24. The summed E-state index contributed by atoms with van der Waals surface area (Å²) in [5, 5.41) is 0. The molecule has 11 heteroatoms. The fourth-order valence-electron chi connectivity index (χ4n) is 1.99. The highest BCUT2D eigenvalue weighted by atomic mass is 35.6. The van der Waals surface area contributed by atoms with Crippen molar-refractivity contribution in [2.45, 2.75) is 36.7 Å². The predicted molar refractivity (Wildman–Crippen MR) is 80.8 cm³/mol. The van der Waals surface area contributed by atoms with Crippen LogP contribution < -0.4 is 0 Å². The molecule has 0 spiro atoms. The van der Waals surface area contributed by atoms with Crippen LogP contribution in [-0.2, 0) is 28.8 Å². The number of carbonyl (C=O) groups excluding carboxylic acids is 2. The van der Waals surface area contributed by atoms with Crippen LogP contribution >= 0.6 is 34.8 Å². The Morgan fingerprint density at radius 2 is 2.00 bits per heavy atom. The van der Waals surface area contributed by atoms with Crippen LogP contribution in [0.5, 0.6) is 0 Å². The largest absolute Gasteiger partial charge is 0.367 e. The van der Waals surface area contributed by atoms with Crippen molar-refractivity contribution >= 4 is 56.8 Å². The summed E-state index contributed by atoms with van der Waals surface area (Å²) in [5.41, 5.74) is -1.47. The summed E-state index contributed by atoms with van der Waals surface area (Å²) in [4.78, 5) is 24.2. The Balaban J connectivity index is 3.15. The third-order valence-corrected chi connectivity index (χ3v) is 5.11. The molecule has 0 N–H and O–H groups in total. The minimum Gasteiger partial charge on any atom is -0.360 e. The lowest BCUT2D eigenvalue weighted by Gasteiger charge is -2.40. The smallest absolute Gasteiger partial charge is 0.360 e. The summed E-state index contributed by atoms with van der Waals surface area (Å²) in [6.45, 7) is 1.82. The van der Waals surface area contributed by atoms with Gasteiger partial charge in [-0.05, 0) is 26.7 Å². The molecule has 1 fully saturated rings. The lowest BCUT2D eigenvalue weighted by Crippen LogP contribution is -2.58. The molecule has 1 amide bonds. The molecule has 22 heavy (non-hydrogen) atoms. The van der Waals surface area contributed by atoms with Crippen LogP contribution in [0, 0.1) is 5.41 Å². The highest BCUT2D eigenvalue weighted by Crippen LogP contribution is 2.37. The van der Waals surface area contributed by atoms with Crippen molar-refractivity contribution < 1.29 is 26.9 Å². The average molecular weight is 397 g/mol. The number of nitrogens with zero attached hydrogens (tertiary/aromatic N) is 1. The van der Waals surface area contributed by atoms with Crippen molar-refractivity contribution in [3.8, 4) is 0 Å². The van der Waals surface area contributed by atoms with Crippen molar-refractivity contribution in [1.82, 2.24) is 4.31 Å². The van der Waals surface area contributed by atoms with Gasteiger partial charge in [0.25, 0.3) is 5.91 Å². The molecular formula is C11H16Cl3NO6S. The lowest BCUT2D eigenvalue weighted by molar-refractivity contribution is -0.158. The lowest BCUT2D eigenvalue weighted by atomic mass is 9.78. The van der Waals surface area contributed by atoms with Gasteiger partial charge in [-0.2, -0.15) is 12.7 Å². The molecule has 1 rings (SSSR count). The summed E-state index contributed by atoms with van der Waals surface area (Å²) >= 11 is 16.3. The second-order valence-corrected chi connectivity index (χ2v) is 9.05. The molecule has 1 aliphatic heterocycles. The van der Waals surface area contributed by atoms with Crippen LogP contribution in [0.25, 0.3) is 0 Å². The van der Waals surface area contributed by atoms with Crippen molar-refractivity contribution in [2.24, 2.45) is 5.41 Å². The first-order chi connectivity index (χ1) is 9.85. The van der Waals surface area contributed by atoms with Crippen LogP contribution in [0.4, 0.5) is 0 Å². The SMILES string of the molecule is CO[C@H]1CC[C@@](C)(C(C)=O)C(=O)N1S(=O)(=O)OCC(Cl)(Cl)Cl. The third-order valence-electron chi connectivity index (χ3n) is 3.49. The topological polar surface area (TPSA) is 90.0 Å². The highest BCUT2D eigenvalue weighted by Gasteiger charge is 2.52. The standard InChI is InChI=1S/C11H16Cl3NO6S/c1-7(16)10(2)5-4-8(20-3)15(9(10)17)22(18,19)21-6-11(12,13)14/h8H,4-6H2,1-3H3/t8-,10-/m0/s1. The van der Waals surface area contributed by atoms with Crippen LogP contribution in [0.15, 0.2) is 0 Å². The zero-order valence-electron chi connectivity index (χ0n) is 12.1. The normalized spacial score (nSPS) is 27.1. The number of piperidine rings is 1. The maximum absolute atomic E-state index is 12.5. The maximum Gasteiger partial charge on any atom is 0.367 e. The molecule has 0 bridgehead atoms. The van der Waals surface area contributed by atoms with E-state index in [1.165, 1.54) is 21.0 Å². The number of amides is 1. The molecule has 128 valence electrons. The van der Waals surface area contributed by atoms with Gasteiger partial charge in [-0.15, -0.1) is 0 Å². The second-order valence-electron chi connectivity index (χ2n) is 5.05. The van der Waals surface area contributed by atoms with E-state index in [1.807, 2.05) is 0 Å². The quantitative estimate of drug-likeness (QED) is 0.520. The summed E-state index contributed by atoms with van der Waals surface area (Å²) in [7, 11) is -3.34. The van der Waals surface area contributed by atoms with Gasteiger partial charge in [0.05, 0.1) is 0 Å². The Morgan fingerprint density at radius 1 is 1.45 bits per heavy atom. The van der Waals surface area contributed by atoms with Crippen LogP contribution in [0.2, 0.25) is 0 Å². The number of Topliss-reactive ketones (excluding diaryl/α,β-unsaturated/α-hetero) is 1. The molecule has 1 saturated heterocycles. The minimum absolute atomic E-state index is 0.147. The Labute approximate surface area is 144 Å². The fraction of sp³-hybridized carbons (Fsp3) is 0.818. The van der Waals surface area contributed by atoms with Gasteiger partial charge in [-0.3, -0.25) is 9.59 Å². The Hall–Kier alpha value is -0.120. The van der Waals surface area contributed by atoms with Crippen molar-refractivity contribution in [1.29, 1.82) is 0 Å². The summed E-state index contributed by atoms with van der Waals surface area (Å²) < 4.78 is 32.5. The van der Waals surface area contributed by atoms with Crippen molar-refractivity contribution in [3.63, 3.8) is 0 Å². The summed E-state index contributed by atoms with van der Waals surface area (Å²) in [6, 6.07) is 0. The van der Waals surface area contributed by atoms with Gasteiger partial charge in [-0.1, -0.05) is 34.8 Å². The number of carbonyl (C=O) groups is 2. The van der Waals surface area contributed by atoms with E-state index in [0.717, 1.165) is 0 Å². The fourth-order valence-corrected chi connectivity index (χ4v) is 3.68. The highest BCUT2D eigenvalue weighted by molar-refractivity contribution is 7.85. The zero-order chi connectivity index (χ0) is 17.3. The number of alkyl halides is 3. The van der Waals surface area contributed by atoms with E-state index in [2.05, 4.69) is 4.18 Å². The molecule has 0 saturated carbocycles. The predicted octanol–water partition coefficient (Wildman–Crippen LogP) is 1.81. The zero-order valence-corrected chi connectivity index (χ0v) is 15.2. The maximum atomic E-state index is 12.5. The van der Waals surface area contributed by atoms with Gasteiger partial charge in [0.15, 0.2) is 0 Å². The molecule has 0 unspecified atom stereocenters.